The van der Waals surface area contributed by atoms with E-state index in [1.165, 1.54) is 0 Å². The molecule has 4 rings (SSSR count). The van der Waals surface area contributed by atoms with Gasteiger partial charge in [-0.3, -0.25) is 4.79 Å². The first-order chi connectivity index (χ1) is 16.6. The molecule has 4 aromatic carbocycles. The van der Waals surface area contributed by atoms with Gasteiger partial charge in [0.1, 0.15) is 18.1 Å². The van der Waals surface area contributed by atoms with Gasteiger partial charge in [-0.05, 0) is 78.8 Å². The number of ether oxygens (including phenoxy) is 2. The van der Waals surface area contributed by atoms with E-state index in [0.29, 0.717) is 24.3 Å². The van der Waals surface area contributed by atoms with Crippen molar-refractivity contribution in [3.8, 4) is 22.6 Å². The van der Waals surface area contributed by atoms with Gasteiger partial charge in [0.05, 0.1) is 6.61 Å². The van der Waals surface area contributed by atoms with Crippen molar-refractivity contribution in [2.24, 2.45) is 0 Å². The third kappa shape index (κ3) is 5.46. The van der Waals surface area contributed by atoms with Crippen LogP contribution < -0.4 is 9.47 Å². The predicted molar refractivity (Wildman–Crippen MR) is 139 cm³/mol. The Hall–Kier alpha value is -3.63. The second kappa shape index (κ2) is 11.0. The lowest BCUT2D eigenvalue weighted by atomic mass is 9.89. The summed E-state index contributed by atoms with van der Waals surface area (Å²) in [4.78, 5) is 15.9. The second-order valence-corrected chi connectivity index (χ2v) is 8.59. The number of carbonyl (C=O) groups excluding carboxylic acids is 1. The average molecular weight is 454 g/mol. The molecule has 0 saturated carbocycles. The number of rotatable bonds is 10. The topological polar surface area (TPSA) is 38.8 Å². The van der Waals surface area contributed by atoms with Crippen LogP contribution in [0.2, 0.25) is 0 Å². The van der Waals surface area contributed by atoms with Crippen LogP contribution in [0.4, 0.5) is 0 Å². The molecule has 0 saturated heterocycles. The minimum Gasteiger partial charge on any atom is -0.494 e. The standard InChI is InChI=1S/C30H31NO3/c1-4-20-33-25-14-9-23(10-15-25)28-18-13-22-7-5-6-8-27(22)29(28)30(32)24-11-16-26(17-12-24)34-21-19-31(2)3/h5-18H,4,19-21H2,1-3H3. The second-order valence-electron chi connectivity index (χ2n) is 8.59. The zero-order chi connectivity index (χ0) is 23.9. The van der Waals surface area contributed by atoms with Crippen molar-refractivity contribution in [3.05, 3.63) is 96.1 Å². The molecule has 0 amide bonds. The number of benzene rings is 4. The summed E-state index contributed by atoms with van der Waals surface area (Å²) in [5, 5.41) is 1.99. The molecule has 0 radical (unpaired) electrons. The lowest BCUT2D eigenvalue weighted by Gasteiger charge is -2.14. The van der Waals surface area contributed by atoms with E-state index in [-0.39, 0.29) is 5.78 Å². The Morgan fingerprint density at radius 2 is 1.41 bits per heavy atom. The quantitative estimate of drug-likeness (QED) is 0.258. The summed E-state index contributed by atoms with van der Waals surface area (Å²) in [7, 11) is 4.03. The Balaban J connectivity index is 1.68. The molecule has 0 aliphatic heterocycles. The molecular weight excluding hydrogens is 422 g/mol. The van der Waals surface area contributed by atoms with Crippen molar-refractivity contribution in [3.63, 3.8) is 0 Å². The molecular formula is C30H31NO3. The Morgan fingerprint density at radius 1 is 0.765 bits per heavy atom. The maximum Gasteiger partial charge on any atom is 0.194 e. The smallest absolute Gasteiger partial charge is 0.194 e. The first-order valence-electron chi connectivity index (χ1n) is 11.7. The van der Waals surface area contributed by atoms with E-state index < -0.39 is 0 Å². The van der Waals surface area contributed by atoms with Crippen LogP contribution in [0, 0.1) is 0 Å². The van der Waals surface area contributed by atoms with Crippen molar-refractivity contribution in [1.82, 2.24) is 4.90 Å². The average Bonchev–Trinajstić information content (AvgIpc) is 2.87. The lowest BCUT2D eigenvalue weighted by Crippen LogP contribution is -2.19. The molecule has 4 heteroatoms. The molecule has 0 bridgehead atoms. The summed E-state index contributed by atoms with van der Waals surface area (Å²) >= 11 is 0. The molecule has 0 aliphatic carbocycles. The zero-order valence-corrected chi connectivity index (χ0v) is 20.1. The number of nitrogens with zero attached hydrogens (tertiary/aromatic N) is 1. The molecule has 4 nitrogen and oxygen atoms in total. The van der Waals surface area contributed by atoms with Crippen LogP contribution in [-0.2, 0) is 0 Å². The number of ketones is 1. The SMILES string of the molecule is CCCOc1ccc(-c2ccc3ccccc3c2C(=O)c2ccc(OCCN(C)C)cc2)cc1. The van der Waals surface area contributed by atoms with Gasteiger partial charge in [-0.15, -0.1) is 0 Å². The van der Waals surface area contributed by atoms with E-state index >= 15 is 0 Å². The number of fused-ring (bicyclic) bond motifs is 1. The fourth-order valence-electron chi connectivity index (χ4n) is 3.90. The van der Waals surface area contributed by atoms with E-state index in [1.807, 2.05) is 93.0 Å². The first-order valence-corrected chi connectivity index (χ1v) is 11.7. The number of carbonyl (C=O) groups is 1. The maximum atomic E-state index is 13.8. The molecule has 0 fully saturated rings. The molecule has 0 aromatic heterocycles. The number of hydrogen-bond donors (Lipinski definition) is 0. The van der Waals surface area contributed by atoms with Crippen molar-refractivity contribution >= 4 is 16.6 Å². The van der Waals surface area contributed by atoms with Crippen molar-refractivity contribution in [2.45, 2.75) is 13.3 Å². The fraction of sp³-hybridized carbons (Fsp3) is 0.233. The number of likely N-dealkylation sites (N-methyl/N-ethyl adjacent to an activating group) is 1. The van der Waals surface area contributed by atoms with E-state index in [0.717, 1.165) is 46.4 Å². The van der Waals surface area contributed by atoms with E-state index in [9.17, 15) is 4.79 Å². The molecule has 0 N–H and O–H groups in total. The summed E-state index contributed by atoms with van der Waals surface area (Å²) in [5.74, 6) is 1.60. The highest BCUT2D eigenvalue weighted by molar-refractivity contribution is 6.20. The Bertz CT molecular complexity index is 1240. The van der Waals surface area contributed by atoms with Crippen LogP contribution in [-0.4, -0.2) is 44.5 Å². The summed E-state index contributed by atoms with van der Waals surface area (Å²) in [5.41, 5.74) is 3.25. The largest absolute Gasteiger partial charge is 0.494 e. The van der Waals surface area contributed by atoms with Crippen molar-refractivity contribution in [1.29, 1.82) is 0 Å². The van der Waals surface area contributed by atoms with Gasteiger partial charge in [-0.2, -0.15) is 0 Å². The zero-order valence-electron chi connectivity index (χ0n) is 20.1. The summed E-state index contributed by atoms with van der Waals surface area (Å²) < 4.78 is 11.5. The summed E-state index contributed by atoms with van der Waals surface area (Å²) in [6.07, 6.45) is 0.963. The Morgan fingerprint density at radius 3 is 2.09 bits per heavy atom. The van der Waals surface area contributed by atoms with Gasteiger partial charge >= 0.3 is 0 Å². The highest BCUT2D eigenvalue weighted by atomic mass is 16.5. The van der Waals surface area contributed by atoms with Gasteiger partial charge < -0.3 is 14.4 Å². The van der Waals surface area contributed by atoms with E-state index in [4.69, 9.17) is 9.47 Å². The van der Waals surface area contributed by atoms with E-state index in [1.54, 1.807) is 0 Å². The Kier molecular flexibility index (Phi) is 7.61. The summed E-state index contributed by atoms with van der Waals surface area (Å²) in [6, 6.07) is 27.6. The predicted octanol–water partition coefficient (Wildman–Crippen LogP) is 6.47. The number of hydrogen-bond acceptors (Lipinski definition) is 4. The first kappa shape index (κ1) is 23.5. The van der Waals surface area contributed by atoms with Crippen LogP contribution >= 0.6 is 0 Å². The minimum absolute atomic E-state index is 0.00190. The van der Waals surface area contributed by atoms with Crippen molar-refractivity contribution in [2.75, 3.05) is 33.9 Å². The van der Waals surface area contributed by atoms with Crippen LogP contribution in [0.15, 0.2) is 84.9 Å². The maximum absolute atomic E-state index is 13.8. The highest BCUT2D eigenvalue weighted by Gasteiger charge is 2.18. The molecule has 0 atom stereocenters. The molecule has 4 aromatic rings. The highest BCUT2D eigenvalue weighted by Crippen LogP contribution is 2.33. The van der Waals surface area contributed by atoms with Crippen LogP contribution in [0.25, 0.3) is 21.9 Å². The van der Waals surface area contributed by atoms with Crippen LogP contribution in [0.5, 0.6) is 11.5 Å². The van der Waals surface area contributed by atoms with Crippen LogP contribution in [0.3, 0.4) is 0 Å². The van der Waals surface area contributed by atoms with E-state index in [2.05, 4.69) is 17.9 Å². The van der Waals surface area contributed by atoms with Crippen LogP contribution in [0.1, 0.15) is 29.3 Å². The normalized spacial score (nSPS) is 11.1. The Labute approximate surface area is 201 Å². The molecule has 0 heterocycles. The monoisotopic (exact) mass is 453 g/mol. The third-order valence-corrected chi connectivity index (χ3v) is 5.72. The molecule has 0 spiro atoms. The molecule has 0 unspecified atom stereocenters. The van der Waals surface area contributed by atoms with Gasteiger partial charge in [0, 0.05) is 17.7 Å². The third-order valence-electron chi connectivity index (χ3n) is 5.72. The van der Waals surface area contributed by atoms with Gasteiger partial charge in [-0.25, -0.2) is 0 Å². The fourth-order valence-corrected chi connectivity index (χ4v) is 3.90. The molecule has 174 valence electrons. The molecule has 0 aliphatic rings. The van der Waals surface area contributed by atoms with Gasteiger partial charge in [0.15, 0.2) is 5.78 Å². The van der Waals surface area contributed by atoms with Crippen molar-refractivity contribution < 1.29 is 14.3 Å². The van der Waals surface area contributed by atoms with Gasteiger partial charge in [0.2, 0.25) is 0 Å². The molecule has 34 heavy (non-hydrogen) atoms. The van der Waals surface area contributed by atoms with Gasteiger partial charge in [0.25, 0.3) is 0 Å². The van der Waals surface area contributed by atoms with Gasteiger partial charge in [-0.1, -0.05) is 55.5 Å². The lowest BCUT2D eigenvalue weighted by molar-refractivity contribution is 0.104. The summed E-state index contributed by atoms with van der Waals surface area (Å²) in [6.45, 7) is 4.21. The minimum atomic E-state index is -0.00190.